The normalized spacial score (nSPS) is 11.2. The Morgan fingerprint density at radius 1 is 0.929 bits per heavy atom. The molecule has 0 amide bonds. The minimum Gasteiger partial charge on any atom is -0.342 e. The van der Waals surface area contributed by atoms with Crippen LogP contribution >= 0.6 is 11.6 Å². The zero-order valence-corrected chi connectivity index (χ0v) is 15.5. The molecule has 3 heterocycles. The Morgan fingerprint density at radius 2 is 1.82 bits per heavy atom. The second kappa shape index (κ2) is 6.90. The lowest BCUT2D eigenvalue weighted by Crippen LogP contribution is -1.96. The Hall–Kier alpha value is -3.51. The van der Waals surface area contributed by atoms with Crippen molar-refractivity contribution >= 4 is 45.0 Å². The summed E-state index contributed by atoms with van der Waals surface area (Å²) in [6.45, 7) is 0. The molecule has 0 fully saturated rings. The van der Waals surface area contributed by atoms with Gasteiger partial charge in [-0.3, -0.25) is 0 Å². The van der Waals surface area contributed by atoms with E-state index < -0.39 is 0 Å². The third kappa shape index (κ3) is 3.25. The SMILES string of the molecule is Clc1cc2c(Nc3ccc4[nH]c(Cc5ccccc5)nc4c3)ncnc2cn1. The number of nitrogens with one attached hydrogen (secondary N) is 2. The first-order valence-corrected chi connectivity index (χ1v) is 9.18. The van der Waals surface area contributed by atoms with E-state index in [2.05, 4.69) is 37.4 Å². The summed E-state index contributed by atoms with van der Waals surface area (Å²) in [5.41, 5.74) is 4.73. The molecule has 0 bridgehead atoms. The van der Waals surface area contributed by atoms with E-state index in [1.54, 1.807) is 12.3 Å². The van der Waals surface area contributed by atoms with E-state index in [0.29, 0.717) is 11.0 Å². The number of aromatic nitrogens is 5. The van der Waals surface area contributed by atoms with Crippen molar-refractivity contribution in [2.75, 3.05) is 5.32 Å². The van der Waals surface area contributed by atoms with Crippen molar-refractivity contribution in [1.29, 1.82) is 0 Å². The second-order valence-electron chi connectivity index (χ2n) is 6.45. The van der Waals surface area contributed by atoms with Gasteiger partial charge in [0, 0.05) is 17.5 Å². The maximum atomic E-state index is 6.03. The molecule has 0 saturated carbocycles. The number of H-pyrrole nitrogens is 1. The van der Waals surface area contributed by atoms with Crippen molar-refractivity contribution in [2.24, 2.45) is 0 Å². The minimum absolute atomic E-state index is 0.402. The monoisotopic (exact) mass is 386 g/mol. The lowest BCUT2D eigenvalue weighted by atomic mass is 10.1. The highest BCUT2D eigenvalue weighted by atomic mass is 35.5. The number of halogens is 1. The molecule has 5 aromatic rings. The summed E-state index contributed by atoms with van der Waals surface area (Å²) in [6.07, 6.45) is 3.91. The first-order valence-electron chi connectivity index (χ1n) is 8.80. The molecule has 5 rings (SSSR count). The smallest absolute Gasteiger partial charge is 0.141 e. The largest absolute Gasteiger partial charge is 0.342 e. The Morgan fingerprint density at radius 3 is 2.71 bits per heavy atom. The van der Waals surface area contributed by atoms with Crippen LogP contribution in [0.1, 0.15) is 11.4 Å². The van der Waals surface area contributed by atoms with Gasteiger partial charge in [0.1, 0.15) is 23.1 Å². The van der Waals surface area contributed by atoms with Gasteiger partial charge in [0.25, 0.3) is 0 Å². The Labute approximate surface area is 165 Å². The van der Waals surface area contributed by atoms with Crippen LogP contribution in [0.5, 0.6) is 0 Å². The zero-order chi connectivity index (χ0) is 18.9. The Bertz CT molecular complexity index is 1280. The minimum atomic E-state index is 0.402. The molecule has 28 heavy (non-hydrogen) atoms. The number of aromatic amines is 1. The first kappa shape index (κ1) is 16.6. The Balaban J connectivity index is 1.46. The van der Waals surface area contributed by atoms with Gasteiger partial charge in [-0.2, -0.15) is 0 Å². The molecule has 0 atom stereocenters. The van der Waals surface area contributed by atoms with E-state index in [-0.39, 0.29) is 0 Å². The second-order valence-corrected chi connectivity index (χ2v) is 6.84. The average Bonchev–Trinajstić information content (AvgIpc) is 3.11. The average molecular weight is 387 g/mol. The summed E-state index contributed by atoms with van der Waals surface area (Å²) in [7, 11) is 0. The standard InChI is InChI=1S/C21H15ClN6/c22-19-10-15-18(11-23-19)24-12-25-21(15)26-14-6-7-16-17(9-14)28-20(27-16)8-13-4-2-1-3-5-13/h1-7,9-12H,8H2,(H,27,28)(H,24,25,26). The predicted octanol–water partition coefficient (Wildman–Crippen LogP) is 4.89. The van der Waals surface area contributed by atoms with Gasteiger partial charge in [-0.25, -0.2) is 19.9 Å². The molecule has 0 radical (unpaired) electrons. The van der Waals surface area contributed by atoms with E-state index >= 15 is 0 Å². The summed E-state index contributed by atoms with van der Waals surface area (Å²) in [5, 5.41) is 4.55. The zero-order valence-electron chi connectivity index (χ0n) is 14.7. The van der Waals surface area contributed by atoms with Gasteiger partial charge in [0.15, 0.2) is 0 Å². The molecule has 2 N–H and O–H groups in total. The Kier molecular flexibility index (Phi) is 4.10. The van der Waals surface area contributed by atoms with Crippen molar-refractivity contribution in [2.45, 2.75) is 6.42 Å². The number of fused-ring (bicyclic) bond motifs is 2. The molecule has 0 aliphatic carbocycles. The number of pyridine rings is 1. The van der Waals surface area contributed by atoms with Crippen molar-refractivity contribution in [3.63, 3.8) is 0 Å². The van der Waals surface area contributed by atoms with Gasteiger partial charge in [0.2, 0.25) is 0 Å². The molecule has 0 aliphatic heterocycles. The number of benzene rings is 2. The molecule has 0 unspecified atom stereocenters. The molecular formula is C21H15ClN6. The fourth-order valence-electron chi connectivity index (χ4n) is 3.18. The summed E-state index contributed by atoms with van der Waals surface area (Å²) >= 11 is 6.03. The molecule has 3 aromatic heterocycles. The molecule has 0 saturated heterocycles. The lowest BCUT2D eigenvalue weighted by molar-refractivity contribution is 1.04. The molecule has 2 aromatic carbocycles. The van der Waals surface area contributed by atoms with Crippen LogP contribution in [-0.4, -0.2) is 24.9 Å². The number of rotatable bonds is 4. The van der Waals surface area contributed by atoms with Crippen LogP contribution in [0.15, 0.2) is 67.1 Å². The lowest BCUT2D eigenvalue weighted by Gasteiger charge is -2.08. The first-order chi connectivity index (χ1) is 13.7. The molecule has 0 spiro atoms. The van der Waals surface area contributed by atoms with Gasteiger partial charge in [-0.1, -0.05) is 41.9 Å². The maximum Gasteiger partial charge on any atom is 0.141 e. The summed E-state index contributed by atoms with van der Waals surface area (Å²) < 4.78 is 0. The summed E-state index contributed by atoms with van der Waals surface area (Å²) in [4.78, 5) is 20.8. The molecule has 0 aliphatic rings. The van der Waals surface area contributed by atoms with E-state index in [1.165, 1.54) is 11.9 Å². The van der Waals surface area contributed by atoms with Gasteiger partial charge in [-0.15, -0.1) is 0 Å². The topological polar surface area (TPSA) is 79.4 Å². The highest BCUT2D eigenvalue weighted by molar-refractivity contribution is 6.30. The molecule has 7 heteroatoms. The van der Waals surface area contributed by atoms with Crippen LogP contribution in [0.2, 0.25) is 5.15 Å². The number of hydrogen-bond donors (Lipinski definition) is 2. The van der Waals surface area contributed by atoms with Crippen LogP contribution in [0.4, 0.5) is 11.5 Å². The van der Waals surface area contributed by atoms with Crippen LogP contribution in [0.25, 0.3) is 21.9 Å². The van der Waals surface area contributed by atoms with E-state index in [1.807, 2.05) is 36.4 Å². The van der Waals surface area contributed by atoms with E-state index in [0.717, 1.165) is 39.9 Å². The van der Waals surface area contributed by atoms with E-state index in [9.17, 15) is 0 Å². The van der Waals surface area contributed by atoms with Crippen LogP contribution in [0.3, 0.4) is 0 Å². The molecular weight excluding hydrogens is 372 g/mol. The van der Waals surface area contributed by atoms with Gasteiger partial charge in [0.05, 0.1) is 22.7 Å². The van der Waals surface area contributed by atoms with Gasteiger partial charge < -0.3 is 10.3 Å². The van der Waals surface area contributed by atoms with Crippen molar-refractivity contribution in [1.82, 2.24) is 24.9 Å². The predicted molar refractivity (Wildman–Crippen MR) is 111 cm³/mol. The van der Waals surface area contributed by atoms with E-state index in [4.69, 9.17) is 16.6 Å². The third-order valence-electron chi connectivity index (χ3n) is 4.50. The highest BCUT2D eigenvalue weighted by Crippen LogP contribution is 2.26. The third-order valence-corrected chi connectivity index (χ3v) is 4.70. The van der Waals surface area contributed by atoms with Crippen LogP contribution < -0.4 is 5.32 Å². The van der Waals surface area contributed by atoms with Gasteiger partial charge in [-0.05, 0) is 29.8 Å². The number of anilines is 2. The van der Waals surface area contributed by atoms with Crippen molar-refractivity contribution in [3.8, 4) is 0 Å². The van der Waals surface area contributed by atoms with Gasteiger partial charge >= 0.3 is 0 Å². The van der Waals surface area contributed by atoms with Crippen molar-refractivity contribution in [3.05, 3.63) is 83.7 Å². The summed E-state index contributed by atoms with van der Waals surface area (Å²) in [6, 6.07) is 18.0. The summed E-state index contributed by atoms with van der Waals surface area (Å²) in [5.74, 6) is 1.61. The number of nitrogens with zero attached hydrogens (tertiary/aromatic N) is 4. The highest BCUT2D eigenvalue weighted by Gasteiger charge is 2.08. The molecule has 136 valence electrons. The fraction of sp³-hybridized carbons (Fsp3) is 0.0476. The van der Waals surface area contributed by atoms with Crippen LogP contribution in [-0.2, 0) is 6.42 Å². The number of imidazole rings is 1. The maximum absolute atomic E-state index is 6.03. The fourth-order valence-corrected chi connectivity index (χ4v) is 3.34. The molecule has 6 nitrogen and oxygen atoms in total. The van der Waals surface area contributed by atoms with Crippen molar-refractivity contribution < 1.29 is 0 Å². The van der Waals surface area contributed by atoms with Crippen LogP contribution in [0, 0.1) is 0 Å². The quantitative estimate of drug-likeness (QED) is 0.430. The number of hydrogen-bond acceptors (Lipinski definition) is 5.